The number of alkyl halides is 3. The molecule has 4 nitrogen and oxygen atoms in total. The Kier molecular flexibility index (Phi) is 8.40. The molecule has 0 saturated heterocycles. The normalized spacial score (nSPS) is 11.6. The third kappa shape index (κ3) is 10.1. The topological polar surface area (TPSA) is 38.8 Å². The first-order chi connectivity index (χ1) is 8.39. The zero-order valence-corrected chi connectivity index (χ0v) is 10.3. The summed E-state index contributed by atoms with van der Waals surface area (Å²) in [7, 11) is 0. The summed E-state index contributed by atoms with van der Waals surface area (Å²) < 4.78 is 44.6. The molecule has 0 aliphatic rings. The standard InChI is InChI=1S/C11H18F3NO3/c1-3-5-15(8-10(16)18-4-2)6-7-17-9-11(12,13)14/h3H,1,4-9H2,2H3. The Morgan fingerprint density at radius 3 is 2.61 bits per heavy atom. The molecule has 0 radical (unpaired) electrons. The molecule has 106 valence electrons. The summed E-state index contributed by atoms with van der Waals surface area (Å²) in [5, 5.41) is 0. The number of nitrogens with zero attached hydrogens (tertiary/aromatic N) is 1. The molecule has 0 fully saturated rings. The monoisotopic (exact) mass is 269 g/mol. The molecule has 0 aliphatic carbocycles. The fourth-order valence-electron chi connectivity index (χ4n) is 1.19. The molecule has 0 atom stereocenters. The Morgan fingerprint density at radius 2 is 2.11 bits per heavy atom. The van der Waals surface area contributed by atoms with Crippen molar-refractivity contribution >= 4 is 5.97 Å². The Hall–Kier alpha value is -1.08. The smallest absolute Gasteiger partial charge is 0.411 e. The molecule has 0 aliphatic heterocycles. The number of esters is 1. The number of hydrogen-bond donors (Lipinski definition) is 0. The van der Waals surface area contributed by atoms with Gasteiger partial charge in [0.05, 0.1) is 19.8 Å². The summed E-state index contributed by atoms with van der Waals surface area (Å²) in [6.07, 6.45) is -2.77. The molecule has 0 bridgehead atoms. The Labute approximate surface area is 104 Å². The Bertz CT molecular complexity index is 256. The van der Waals surface area contributed by atoms with Gasteiger partial charge < -0.3 is 9.47 Å². The van der Waals surface area contributed by atoms with E-state index in [1.54, 1.807) is 17.9 Å². The van der Waals surface area contributed by atoms with Crippen LogP contribution in [0.15, 0.2) is 12.7 Å². The van der Waals surface area contributed by atoms with E-state index in [9.17, 15) is 18.0 Å². The molecular weight excluding hydrogens is 251 g/mol. The van der Waals surface area contributed by atoms with Crippen molar-refractivity contribution in [2.45, 2.75) is 13.1 Å². The van der Waals surface area contributed by atoms with E-state index in [2.05, 4.69) is 11.3 Å². The van der Waals surface area contributed by atoms with Crippen LogP contribution >= 0.6 is 0 Å². The molecule has 0 saturated carbocycles. The van der Waals surface area contributed by atoms with Crippen molar-refractivity contribution in [2.75, 3.05) is 39.5 Å². The average molecular weight is 269 g/mol. The highest BCUT2D eigenvalue weighted by molar-refractivity contribution is 5.71. The van der Waals surface area contributed by atoms with Crippen LogP contribution in [0.4, 0.5) is 13.2 Å². The van der Waals surface area contributed by atoms with Gasteiger partial charge in [0.1, 0.15) is 6.61 Å². The zero-order valence-electron chi connectivity index (χ0n) is 10.3. The molecule has 0 amide bonds. The molecule has 0 heterocycles. The molecule has 0 aromatic heterocycles. The van der Waals surface area contributed by atoms with Crippen LogP contribution in [0.3, 0.4) is 0 Å². The maximum Gasteiger partial charge on any atom is 0.411 e. The van der Waals surface area contributed by atoms with Gasteiger partial charge in [-0.2, -0.15) is 13.2 Å². The van der Waals surface area contributed by atoms with E-state index in [4.69, 9.17) is 4.74 Å². The number of carbonyl (C=O) groups is 1. The van der Waals surface area contributed by atoms with Crippen molar-refractivity contribution in [2.24, 2.45) is 0 Å². The summed E-state index contributed by atoms with van der Waals surface area (Å²) in [6.45, 7) is 4.67. The third-order valence-electron chi connectivity index (χ3n) is 1.86. The van der Waals surface area contributed by atoms with Crippen molar-refractivity contribution in [1.82, 2.24) is 4.90 Å². The quantitative estimate of drug-likeness (QED) is 0.362. The van der Waals surface area contributed by atoms with Crippen LogP contribution in [-0.4, -0.2) is 56.5 Å². The third-order valence-corrected chi connectivity index (χ3v) is 1.86. The molecular formula is C11H18F3NO3. The van der Waals surface area contributed by atoms with E-state index >= 15 is 0 Å². The summed E-state index contributed by atoms with van der Waals surface area (Å²) in [4.78, 5) is 12.8. The maximum absolute atomic E-state index is 11.8. The van der Waals surface area contributed by atoms with Crippen LogP contribution in [0.2, 0.25) is 0 Å². The second-order valence-electron chi connectivity index (χ2n) is 3.50. The number of halogens is 3. The van der Waals surface area contributed by atoms with E-state index in [1.165, 1.54) is 0 Å². The van der Waals surface area contributed by atoms with E-state index in [-0.39, 0.29) is 26.3 Å². The van der Waals surface area contributed by atoms with Gasteiger partial charge in [-0.3, -0.25) is 9.69 Å². The number of rotatable bonds is 9. The van der Waals surface area contributed by atoms with Crippen molar-refractivity contribution in [3.05, 3.63) is 12.7 Å². The van der Waals surface area contributed by atoms with E-state index < -0.39 is 18.8 Å². The van der Waals surface area contributed by atoms with E-state index in [1.807, 2.05) is 0 Å². The van der Waals surface area contributed by atoms with Crippen LogP contribution in [0.1, 0.15) is 6.92 Å². The molecule has 0 aromatic rings. The minimum atomic E-state index is -4.33. The SMILES string of the molecule is C=CCN(CCOCC(F)(F)F)CC(=O)OCC. The number of hydrogen-bond acceptors (Lipinski definition) is 4. The molecule has 7 heteroatoms. The predicted molar refractivity (Wildman–Crippen MR) is 60.1 cm³/mol. The number of ether oxygens (including phenoxy) is 2. The molecule has 0 unspecified atom stereocenters. The van der Waals surface area contributed by atoms with Gasteiger partial charge in [-0.25, -0.2) is 0 Å². The highest BCUT2D eigenvalue weighted by Gasteiger charge is 2.27. The van der Waals surface area contributed by atoms with Gasteiger partial charge in [0.15, 0.2) is 0 Å². The lowest BCUT2D eigenvalue weighted by atomic mass is 10.4. The average Bonchev–Trinajstić information content (AvgIpc) is 2.23. The largest absolute Gasteiger partial charge is 0.465 e. The van der Waals surface area contributed by atoms with Gasteiger partial charge in [0.25, 0.3) is 0 Å². The van der Waals surface area contributed by atoms with Gasteiger partial charge >= 0.3 is 12.1 Å². The van der Waals surface area contributed by atoms with Crippen LogP contribution < -0.4 is 0 Å². The molecule has 0 aromatic carbocycles. The van der Waals surface area contributed by atoms with E-state index in [0.29, 0.717) is 6.54 Å². The van der Waals surface area contributed by atoms with Gasteiger partial charge in [-0.1, -0.05) is 6.08 Å². The highest BCUT2D eigenvalue weighted by atomic mass is 19.4. The van der Waals surface area contributed by atoms with Crippen LogP contribution in [0, 0.1) is 0 Å². The maximum atomic E-state index is 11.8. The van der Waals surface area contributed by atoms with Crippen LogP contribution in [-0.2, 0) is 14.3 Å². The Morgan fingerprint density at radius 1 is 1.44 bits per heavy atom. The van der Waals surface area contributed by atoms with Gasteiger partial charge in [0, 0.05) is 13.1 Å². The molecule has 18 heavy (non-hydrogen) atoms. The summed E-state index contributed by atoms with van der Waals surface area (Å²) in [5.41, 5.74) is 0. The first-order valence-electron chi connectivity index (χ1n) is 5.52. The second-order valence-corrected chi connectivity index (χ2v) is 3.50. The van der Waals surface area contributed by atoms with Gasteiger partial charge in [0.2, 0.25) is 0 Å². The first kappa shape index (κ1) is 16.9. The zero-order chi connectivity index (χ0) is 14.0. The van der Waals surface area contributed by atoms with Crippen molar-refractivity contribution in [3.63, 3.8) is 0 Å². The second kappa shape index (κ2) is 8.93. The van der Waals surface area contributed by atoms with Crippen molar-refractivity contribution in [3.8, 4) is 0 Å². The highest BCUT2D eigenvalue weighted by Crippen LogP contribution is 2.14. The van der Waals surface area contributed by atoms with Crippen molar-refractivity contribution < 1.29 is 27.4 Å². The fraction of sp³-hybridized carbons (Fsp3) is 0.727. The van der Waals surface area contributed by atoms with Crippen molar-refractivity contribution in [1.29, 1.82) is 0 Å². The van der Waals surface area contributed by atoms with Crippen LogP contribution in [0.25, 0.3) is 0 Å². The molecule has 0 spiro atoms. The number of carbonyl (C=O) groups excluding carboxylic acids is 1. The summed E-state index contributed by atoms with van der Waals surface area (Å²) in [5.74, 6) is -0.421. The minimum Gasteiger partial charge on any atom is -0.465 e. The minimum absolute atomic E-state index is 0.00916. The lowest BCUT2D eigenvalue weighted by Gasteiger charge is -2.19. The first-order valence-corrected chi connectivity index (χ1v) is 5.52. The summed E-state index contributed by atoms with van der Waals surface area (Å²) >= 11 is 0. The van der Waals surface area contributed by atoms with Gasteiger partial charge in [-0.05, 0) is 6.92 Å². The molecule has 0 rings (SSSR count). The fourth-order valence-corrected chi connectivity index (χ4v) is 1.19. The lowest BCUT2D eigenvalue weighted by molar-refractivity contribution is -0.174. The molecule has 0 N–H and O–H groups in total. The predicted octanol–water partition coefficient (Wildman–Crippen LogP) is 1.62. The van der Waals surface area contributed by atoms with Gasteiger partial charge in [-0.15, -0.1) is 6.58 Å². The Balaban J connectivity index is 3.89. The lowest BCUT2D eigenvalue weighted by Crippen LogP contribution is -2.34. The van der Waals surface area contributed by atoms with Crippen LogP contribution in [0.5, 0.6) is 0 Å². The summed E-state index contributed by atoms with van der Waals surface area (Å²) in [6, 6.07) is 0. The van der Waals surface area contributed by atoms with E-state index in [0.717, 1.165) is 0 Å².